The van der Waals surface area contributed by atoms with Crippen LogP contribution in [0, 0.1) is 62.6 Å². The fraction of sp³-hybridized carbons (Fsp3) is 0.304. The van der Waals surface area contributed by atoms with E-state index in [4.69, 9.17) is 5.26 Å². The Morgan fingerprint density at radius 3 is 2.19 bits per heavy atom. The van der Waals surface area contributed by atoms with Gasteiger partial charge in [0.2, 0.25) is 0 Å². The quantitative estimate of drug-likeness (QED) is 0.273. The van der Waals surface area contributed by atoms with Gasteiger partial charge in [0.25, 0.3) is 0 Å². The summed E-state index contributed by atoms with van der Waals surface area (Å²) in [7, 11) is 1.94. The van der Waals surface area contributed by atoms with Gasteiger partial charge >= 0.3 is 0 Å². The smallest absolute Gasteiger partial charge is 0.0994 e. The normalized spacial score (nSPS) is 12.4. The number of benzene rings is 1. The van der Waals surface area contributed by atoms with Crippen LogP contribution in [0.25, 0.3) is 0 Å². The molecule has 27 heavy (non-hydrogen) atoms. The van der Waals surface area contributed by atoms with E-state index >= 15 is 0 Å². The van der Waals surface area contributed by atoms with Gasteiger partial charge in [-0.3, -0.25) is 0 Å². The van der Waals surface area contributed by atoms with E-state index in [0.29, 0.717) is 16.7 Å². The van der Waals surface area contributed by atoms with Gasteiger partial charge in [0.05, 0.1) is 17.7 Å². The van der Waals surface area contributed by atoms with Crippen molar-refractivity contribution in [3.05, 3.63) is 75.5 Å². The minimum Gasteiger partial charge on any atom is -0.478 e. The standard InChI is InChI=1S/C23H25N3.Y/c1-16-13-23(21(6)20(5)18(16)3)26(7)12-10-8-9-11-22(15-25)19(4)17(2)14-24;/h8-11H,1-7H3;/q-2;/b9-8+,19-17-,22-11+;. The van der Waals surface area contributed by atoms with Crippen molar-refractivity contribution in [1.82, 2.24) is 0 Å². The largest absolute Gasteiger partial charge is 0.478 e. The van der Waals surface area contributed by atoms with Gasteiger partial charge in [0, 0.05) is 38.3 Å². The van der Waals surface area contributed by atoms with Crippen LogP contribution >= 0.6 is 0 Å². The third kappa shape index (κ3) is 6.62. The van der Waals surface area contributed by atoms with Crippen LogP contribution in [0.15, 0.2) is 41.0 Å². The summed E-state index contributed by atoms with van der Waals surface area (Å²) >= 11 is 0. The topological polar surface area (TPSA) is 50.8 Å². The molecule has 0 saturated carbocycles. The van der Waals surface area contributed by atoms with Crippen LogP contribution in [0.3, 0.4) is 0 Å². The molecule has 0 aliphatic rings. The van der Waals surface area contributed by atoms with Crippen molar-refractivity contribution in [1.29, 1.82) is 10.5 Å². The van der Waals surface area contributed by atoms with Crippen molar-refractivity contribution in [2.45, 2.75) is 41.5 Å². The van der Waals surface area contributed by atoms with Gasteiger partial charge in [0.15, 0.2) is 0 Å². The minimum atomic E-state index is 0. The molecule has 0 heterocycles. The van der Waals surface area contributed by atoms with Crippen LogP contribution in [0.5, 0.6) is 0 Å². The Hall–Kier alpha value is -1.94. The first-order chi connectivity index (χ1) is 12.2. The number of hydrogen-bond donors (Lipinski definition) is 0. The van der Waals surface area contributed by atoms with Crippen molar-refractivity contribution in [2.24, 2.45) is 0 Å². The summed E-state index contributed by atoms with van der Waals surface area (Å²) in [6.07, 6.45) is 10.3. The second-order valence-electron chi connectivity index (χ2n) is 6.27. The number of anilines is 1. The molecule has 1 aromatic rings. The van der Waals surface area contributed by atoms with E-state index in [1.807, 2.05) is 18.0 Å². The van der Waals surface area contributed by atoms with E-state index < -0.39 is 0 Å². The van der Waals surface area contributed by atoms with E-state index in [2.05, 4.69) is 52.1 Å². The average molecular weight is 432 g/mol. The third-order valence-electron chi connectivity index (χ3n) is 4.68. The Bertz CT molecular complexity index is 888. The van der Waals surface area contributed by atoms with Gasteiger partial charge in [-0.25, -0.2) is 6.07 Å². The van der Waals surface area contributed by atoms with Crippen LogP contribution in [-0.4, -0.2) is 7.05 Å². The van der Waals surface area contributed by atoms with Crippen molar-refractivity contribution in [3.8, 4) is 12.1 Å². The molecule has 0 spiro atoms. The molecule has 1 rings (SSSR count). The summed E-state index contributed by atoms with van der Waals surface area (Å²) < 4.78 is 0. The van der Waals surface area contributed by atoms with Crippen LogP contribution < -0.4 is 4.90 Å². The SMILES string of the molecule is C/C(C#N)=C(C)/C(C#N)=C/C=C/C=[C-]N(C)c1[c-]c(C)c(C)c(C)c1C.[Y]. The summed E-state index contributed by atoms with van der Waals surface area (Å²) in [5, 5.41) is 18.1. The maximum Gasteiger partial charge on any atom is 0.0994 e. The Morgan fingerprint density at radius 1 is 1.00 bits per heavy atom. The van der Waals surface area contributed by atoms with Gasteiger partial charge in [-0.15, -0.1) is 12.3 Å². The molecule has 0 amide bonds. The Kier molecular flexibility index (Phi) is 10.9. The molecule has 0 fully saturated rings. The van der Waals surface area contributed by atoms with Gasteiger partial charge in [-0.1, -0.05) is 33.8 Å². The van der Waals surface area contributed by atoms with Crippen LogP contribution in [-0.2, 0) is 32.7 Å². The van der Waals surface area contributed by atoms with E-state index in [1.165, 1.54) is 16.7 Å². The summed E-state index contributed by atoms with van der Waals surface area (Å²) in [5.41, 5.74) is 7.61. The molecule has 1 aromatic carbocycles. The molecule has 0 aliphatic heterocycles. The van der Waals surface area contributed by atoms with Crippen LogP contribution in [0.2, 0.25) is 0 Å². The van der Waals surface area contributed by atoms with Gasteiger partial charge in [-0.2, -0.15) is 50.6 Å². The predicted octanol–water partition coefficient (Wildman–Crippen LogP) is 5.34. The van der Waals surface area contributed by atoms with E-state index in [-0.39, 0.29) is 32.7 Å². The molecular formula is C23H25N3Y-2. The second kappa shape index (κ2) is 11.7. The molecule has 0 saturated heterocycles. The van der Waals surface area contributed by atoms with E-state index in [0.717, 1.165) is 11.3 Å². The van der Waals surface area contributed by atoms with Gasteiger partial charge in [0.1, 0.15) is 0 Å². The van der Waals surface area contributed by atoms with E-state index in [1.54, 1.807) is 32.1 Å². The zero-order valence-corrected chi connectivity index (χ0v) is 20.1. The number of aryl methyl sites for hydroxylation is 1. The molecule has 4 heteroatoms. The fourth-order valence-corrected chi connectivity index (χ4v) is 2.40. The first kappa shape index (κ1) is 25.1. The average Bonchev–Trinajstić information content (AvgIpc) is 2.64. The zero-order valence-electron chi connectivity index (χ0n) is 17.2. The summed E-state index contributed by atoms with van der Waals surface area (Å²) in [4.78, 5) is 1.92. The van der Waals surface area contributed by atoms with Crippen LogP contribution in [0.1, 0.15) is 36.1 Å². The van der Waals surface area contributed by atoms with E-state index in [9.17, 15) is 5.26 Å². The van der Waals surface area contributed by atoms with Crippen LogP contribution in [0.4, 0.5) is 5.69 Å². The maximum absolute atomic E-state index is 9.21. The van der Waals surface area contributed by atoms with Crippen molar-refractivity contribution < 1.29 is 32.7 Å². The maximum atomic E-state index is 9.21. The summed E-state index contributed by atoms with van der Waals surface area (Å²) in [6, 6.07) is 7.60. The van der Waals surface area contributed by atoms with Crippen molar-refractivity contribution in [2.75, 3.05) is 11.9 Å². The van der Waals surface area contributed by atoms with Crippen molar-refractivity contribution in [3.63, 3.8) is 0 Å². The third-order valence-corrected chi connectivity index (χ3v) is 4.68. The summed E-state index contributed by atoms with van der Waals surface area (Å²) in [6.45, 7) is 11.9. The second-order valence-corrected chi connectivity index (χ2v) is 6.27. The van der Waals surface area contributed by atoms with Gasteiger partial charge < -0.3 is 4.90 Å². The molecule has 0 aromatic heterocycles. The molecule has 0 bridgehead atoms. The molecular weight excluding hydrogens is 407 g/mol. The Morgan fingerprint density at radius 2 is 1.63 bits per heavy atom. The first-order valence-electron chi connectivity index (χ1n) is 8.42. The Balaban J connectivity index is 0.00000676. The molecule has 1 radical (unpaired) electrons. The number of allylic oxidation sites excluding steroid dienone is 7. The monoisotopic (exact) mass is 432 g/mol. The zero-order chi connectivity index (χ0) is 19.9. The predicted molar refractivity (Wildman–Crippen MR) is 107 cm³/mol. The number of nitriles is 2. The summed E-state index contributed by atoms with van der Waals surface area (Å²) in [5.74, 6) is 0. The molecule has 3 nitrogen and oxygen atoms in total. The van der Waals surface area contributed by atoms with Crippen molar-refractivity contribution >= 4 is 5.69 Å². The molecule has 0 unspecified atom stereocenters. The molecule has 0 atom stereocenters. The van der Waals surface area contributed by atoms with Gasteiger partial charge in [-0.05, 0) is 26.5 Å². The number of hydrogen-bond acceptors (Lipinski definition) is 3. The number of rotatable bonds is 5. The molecule has 0 aliphatic carbocycles. The number of nitrogens with zero attached hydrogens (tertiary/aromatic N) is 3. The minimum absolute atomic E-state index is 0. The molecule has 0 N–H and O–H groups in total. The first-order valence-corrected chi connectivity index (χ1v) is 8.42. The fourth-order valence-electron chi connectivity index (χ4n) is 2.40. The molecule has 137 valence electrons. The Labute approximate surface area is 189 Å².